The fraction of sp³-hybridized carbons (Fsp3) is 0.571. The van der Waals surface area contributed by atoms with Gasteiger partial charge in [-0.25, -0.2) is 4.39 Å². The third-order valence-electron chi connectivity index (χ3n) is 3.39. The number of hydrogen-bond acceptors (Lipinski definition) is 3. The molecule has 1 saturated heterocycles. The third kappa shape index (κ3) is 3.00. The summed E-state index contributed by atoms with van der Waals surface area (Å²) in [6, 6.07) is 4.62. The Labute approximate surface area is 108 Å². The summed E-state index contributed by atoms with van der Waals surface area (Å²) in [5.74, 6) is -0.239. The number of rotatable bonds is 4. The molecule has 0 spiro atoms. The Morgan fingerprint density at radius 3 is 2.94 bits per heavy atom. The van der Waals surface area contributed by atoms with Gasteiger partial charge in [0.05, 0.1) is 6.10 Å². The van der Waals surface area contributed by atoms with Crippen molar-refractivity contribution in [3.05, 3.63) is 29.6 Å². The number of nitrogens with two attached hydrogens (primary N) is 1. The van der Waals surface area contributed by atoms with Crippen molar-refractivity contribution < 1.29 is 9.13 Å². The third-order valence-corrected chi connectivity index (χ3v) is 3.39. The SMILES string of the molecule is C[C@@H](N)c1cc(F)ccc1N(C)CC1CCCO1. The second kappa shape index (κ2) is 5.67. The van der Waals surface area contributed by atoms with Crippen molar-refractivity contribution in [1.82, 2.24) is 0 Å². The van der Waals surface area contributed by atoms with Gasteiger partial charge in [0, 0.05) is 31.9 Å². The van der Waals surface area contributed by atoms with Crippen LogP contribution in [0.1, 0.15) is 31.4 Å². The van der Waals surface area contributed by atoms with Gasteiger partial charge in [0.25, 0.3) is 0 Å². The molecule has 0 aliphatic carbocycles. The van der Waals surface area contributed by atoms with Crippen LogP contribution in [0, 0.1) is 5.82 Å². The number of anilines is 1. The number of benzene rings is 1. The fourth-order valence-electron chi connectivity index (χ4n) is 2.43. The zero-order valence-electron chi connectivity index (χ0n) is 11.0. The number of likely N-dealkylation sites (N-methyl/N-ethyl adjacent to an activating group) is 1. The molecule has 1 aliphatic rings. The van der Waals surface area contributed by atoms with Gasteiger partial charge in [0.15, 0.2) is 0 Å². The van der Waals surface area contributed by atoms with Crippen LogP contribution in [0.4, 0.5) is 10.1 Å². The van der Waals surface area contributed by atoms with E-state index < -0.39 is 0 Å². The van der Waals surface area contributed by atoms with Gasteiger partial charge in [-0.2, -0.15) is 0 Å². The summed E-state index contributed by atoms with van der Waals surface area (Å²) in [5.41, 5.74) is 7.74. The molecule has 2 atom stereocenters. The van der Waals surface area contributed by atoms with E-state index in [0.717, 1.165) is 37.2 Å². The fourth-order valence-corrected chi connectivity index (χ4v) is 2.43. The normalized spacial score (nSPS) is 21.0. The maximum Gasteiger partial charge on any atom is 0.123 e. The lowest BCUT2D eigenvalue weighted by Crippen LogP contribution is -2.30. The minimum atomic E-state index is -0.239. The van der Waals surface area contributed by atoms with Crippen molar-refractivity contribution in [2.24, 2.45) is 5.73 Å². The van der Waals surface area contributed by atoms with Crippen LogP contribution in [0.25, 0.3) is 0 Å². The molecule has 1 aromatic rings. The van der Waals surface area contributed by atoms with Crippen molar-refractivity contribution in [3.8, 4) is 0 Å². The molecule has 0 bridgehead atoms. The highest BCUT2D eigenvalue weighted by molar-refractivity contribution is 5.54. The lowest BCUT2D eigenvalue weighted by Gasteiger charge is -2.26. The van der Waals surface area contributed by atoms with Crippen molar-refractivity contribution in [3.63, 3.8) is 0 Å². The van der Waals surface area contributed by atoms with E-state index >= 15 is 0 Å². The van der Waals surface area contributed by atoms with Crippen LogP contribution in [0.15, 0.2) is 18.2 Å². The highest BCUT2D eigenvalue weighted by Crippen LogP contribution is 2.26. The van der Waals surface area contributed by atoms with E-state index in [1.165, 1.54) is 12.1 Å². The Hall–Kier alpha value is -1.13. The molecule has 18 heavy (non-hydrogen) atoms. The van der Waals surface area contributed by atoms with Crippen molar-refractivity contribution in [2.75, 3.05) is 25.1 Å². The molecule has 0 amide bonds. The van der Waals surface area contributed by atoms with Gasteiger partial charge in [-0.05, 0) is 43.5 Å². The largest absolute Gasteiger partial charge is 0.376 e. The van der Waals surface area contributed by atoms with Crippen LogP contribution in [-0.2, 0) is 4.74 Å². The van der Waals surface area contributed by atoms with E-state index in [2.05, 4.69) is 4.90 Å². The second-order valence-electron chi connectivity index (χ2n) is 5.01. The summed E-state index contributed by atoms with van der Waals surface area (Å²) < 4.78 is 18.9. The molecule has 2 rings (SSSR count). The van der Waals surface area contributed by atoms with Gasteiger partial charge in [0.1, 0.15) is 5.82 Å². The van der Waals surface area contributed by atoms with Crippen LogP contribution in [-0.4, -0.2) is 26.3 Å². The first-order valence-corrected chi connectivity index (χ1v) is 6.45. The van der Waals surface area contributed by atoms with E-state index in [4.69, 9.17) is 10.5 Å². The molecule has 0 radical (unpaired) electrons. The molecule has 2 N–H and O–H groups in total. The quantitative estimate of drug-likeness (QED) is 0.894. The van der Waals surface area contributed by atoms with Gasteiger partial charge in [-0.3, -0.25) is 0 Å². The number of hydrogen-bond donors (Lipinski definition) is 1. The summed E-state index contributed by atoms with van der Waals surface area (Å²) in [5, 5.41) is 0. The topological polar surface area (TPSA) is 38.5 Å². The van der Waals surface area contributed by atoms with Crippen LogP contribution in [0.5, 0.6) is 0 Å². The Morgan fingerprint density at radius 1 is 1.56 bits per heavy atom. The van der Waals surface area contributed by atoms with Crippen molar-refractivity contribution in [1.29, 1.82) is 0 Å². The second-order valence-corrected chi connectivity index (χ2v) is 5.01. The van der Waals surface area contributed by atoms with Crippen LogP contribution in [0.2, 0.25) is 0 Å². The van der Waals surface area contributed by atoms with Crippen LogP contribution in [0.3, 0.4) is 0 Å². The average molecular weight is 252 g/mol. The van der Waals surface area contributed by atoms with Gasteiger partial charge in [-0.15, -0.1) is 0 Å². The van der Waals surface area contributed by atoms with Gasteiger partial charge < -0.3 is 15.4 Å². The first-order valence-electron chi connectivity index (χ1n) is 6.45. The molecule has 1 aliphatic heterocycles. The molecule has 1 aromatic carbocycles. The summed E-state index contributed by atoms with van der Waals surface area (Å²) in [6.45, 7) is 3.55. The average Bonchev–Trinajstić information content (AvgIpc) is 2.81. The van der Waals surface area contributed by atoms with Gasteiger partial charge in [0.2, 0.25) is 0 Å². The van der Waals surface area contributed by atoms with E-state index in [0.29, 0.717) is 0 Å². The standard InChI is InChI=1S/C14H21FN2O/c1-10(16)13-8-11(15)5-6-14(13)17(2)9-12-4-3-7-18-12/h5-6,8,10,12H,3-4,7,9,16H2,1-2H3/t10-,12?/m1/s1. The Kier molecular flexibility index (Phi) is 4.19. The number of halogens is 1. The molecule has 0 saturated carbocycles. The summed E-state index contributed by atoms with van der Waals surface area (Å²) >= 11 is 0. The molecule has 1 unspecified atom stereocenters. The van der Waals surface area contributed by atoms with Crippen molar-refractivity contribution >= 4 is 5.69 Å². The summed E-state index contributed by atoms with van der Waals surface area (Å²) in [7, 11) is 2.00. The molecule has 4 heteroatoms. The molecule has 1 heterocycles. The smallest absolute Gasteiger partial charge is 0.123 e. The van der Waals surface area contributed by atoms with E-state index in [1.54, 1.807) is 6.07 Å². The van der Waals surface area contributed by atoms with Crippen LogP contribution < -0.4 is 10.6 Å². The number of ether oxygens (including phenoxy) is 1. The Morgan fingerprint density at radius 2 is 2.33 bits per heavy atom. The maximum atomic E-state index is 13.3. The Balaban J connectivity index is 2.15. The lowest BCUT2D eigenvalue weighted by atomic mass is 10.1. The molecular formula is C14H21FN2O. The molecule has 3 nitrogen and oxygen atoms in total. The Bertz CT molecular complexity index is 403. The van der Waals surface area contributed by atoms with Gasteiger partial charge >= 0.3 is 0 Å². The van der Waals surface area contributed by atoms with E-state index in [9.17, 15) is 4.39 Å². The first kappa shape index (κ1) is 13.3. The van der Waals surface area contributed by atoms with E-state index in [1.807, 2.05) is 14.0 Å². The monoisotopic (exact) mass is 252 g/mol. The molecule has 100 valence electrons. The summed E-state index contributed by atoms with van der Waals surface area (Å²) in [6.07, 6.45) is 2.50. The lowest BCUT2D eigenvalue weighted by molar-refractivity contribution is 0.116. The summed E-state index contributed by atoms with van der Waals surface area (Å²) in [4.78, 5) is 2.11. The zero-order chi connectivity index (χ0) is 13.1. The highest BCUT2D eigenvalue weighted by Gasteiger charge is 2.19. The van der Waals surface area contributed by atoms with Crippen molar-refractivity contribution in [2.45, 2.75) is 31.9 Å². The molecule has 0 aromatic heterocycles. The minimum Gasteiger partial charge on any atom is -0.376 e. The minimum absolute atomic E-state index is 0.178. The predicted octanol–water partition coefficient (Wildman–Crippen LogP) is 2.46. The molecular weight excluding hydrogens is 231 g/mol. The first-order chi connectivity index (χ1) is 8.58. The van der Waals surface area contributed by atoms with E-state index in [-0.39, 0.29) is 18.0 Å². The van der Waals surface area contributed by atoms with Crippen LogP contribution >= 0.6 is 0 Å². The number of nitrogens with zero attached hydrogens (tertiary/aromatic N) is 1. The predicted molar refractivity (Wildman–Crippen MR) is 71.2 cm³/mol. The molecule has 1 fully saturated rings. The maximum absolute atomic E-state index is 13.3. The zero-order valence-corrected chi connectivity index (χ0v) is 11.0. The highest BCUT2D eigenvalue weighted by atomic mass is 19.1. The van der Waals surface area contributed by atoms with Gasteiger partial charge in [-0.1, -0.05) is 0 Å².